The van der Waals surface area contributed by atoms with E-state index in [-0.39, 0.29) is 11.2 Å². The highest BCUT2D eigenvalue weighted by atomic mass is 19.4. The zero-order valence-corrected chi connectivity index (χ0v) is 15.0. The van der Waals surface area contributed by atoms with Gasteiger partial charge in [0.2, 0.25) is 11.6 Å². The molecule has 2 heterocycles. The van der Waals surface area contributed by atoms with Crippen LogP contribution in [0.1, 0.15) is 5.56 Å². The second-order valence-electron chi connectivity index (χ2n) is 6.80. The number of aryl methyl sites for hydroxylation is 1. The largest absolute Gasteiger partial charge is 0.416 e. The Balaban J connectivity index is 1.55. The van der Waals surface area contributed by atoms with E-state index >= 15 is 0 Å². The normalized spacial score (nSPS) is 19.3. The summed E-state index contributed by atoms with van der Waals surface area (Å²) in [7, 11) is 1.61. The number of nitrogens with zero attached hydrogens (tertiary/aromatic N) is 1. The fraction of sp³-hybridized carbons (Fsp3) is 0.211. The molecule has 2 aromatic heterocycles. The molecule has 0 radical (unpaired) electrons. The van der Waals surface area contributed by atoms with E-state index in [0.717, 1.165) is 12.1 Å². The second kappa shape index (κ2) is 6.50. The molecule has 0 saturated heterocycles. The zero-order chi connectivity index (χ0) is 20.9. The summed E-state index contributed by atoms with van der Waals surface area (Å²) in [6.45, 7) is 0. The summed E-state index contributed by atoms with van der Waals surface area (Å²) in [6.07, 6.45) is -1.28. The molecule has 0 bridgehead atoms. The van der Waals surface area contributed by atoms with Crippen LogP contribution in [0.3, 0.4) is 0 Å². The Kier molecular flexibility index (Phi) is 4.21. The first-order valence-electron chi connectivity index (χ1n) is 8.61. The Morgan fingerprint density at radius 3 is 2.24 bits per heavy atom. The number of aromatic nitrogens is 2. The molecule has 150 valence electrons. The third-order valence-corrected chi connectivity index (χ3v) is 4.88. The van der Waals surface area contributed by atoms with Crippen LogP contribution in [0.4, 0.5) is 24.5 Å². The molecule has 0 aliphatic heterocycles. The van der Waals surface area contributed by atoms with Gasteiger partial charge in [0.05, 0.1) is 16.8 Å². The Morgan fingerprint density at radius 2 is 1.62 bits per heavy atom. The summed E-state index contributed by atoms with van der Waals surface area (Å²) in [6, 6.07) is 3.74. The lowest BCUT2D eigenvalue weighted by atomic mass is 9.82. The predicted molar refractivity (Wildman–Crippen MR) is 99.8 cm³/mol. The maximum atomic E-state index is 12.7. The Labute approximate surface area is 161 Å². The molecule has 1 aliphatic rings. The maximum absolute atomic E-state index is 12.7. The quantitative estimate of drug-likeness (QED) is 0.580. The summed E-state index contributed by atoms with van der Waals surface area (Å²) in [4.78, 5) is 38.9. The van der Waals surface area contributed by atoms with Gasteiger partial charge in [-0.3, -0.25) is 14.4 Å². The number of halogens is 3. The number of aromatic amines is 1. The van der Waals surface area contributed by atoms with Crippen molar-refractivity contribution in [3.8, 4) is 0 Å². The van der Waals surface area contributed by atoms with Crippen LogP contribution in [0.5, 0.6) is 0 Å². The van der Waals surface area contributed by atoms with Crippen molar-refractivity contribution in [3.63, 3.8) is 0 Å². The number of hydrogen-bond acceptors (Lipinski definition) is 5. The monoisotopic (exact) mass is 404 g/mol. The van der Waals surface area contributed by atoms with Crippen molar-refractivity contribution in [2.75, 3.05) is 10.6 Å². The van der Waals surface area contributed by atoms with E-state index in [1.807, 2.05) is 0 Å². The maximum Gasteiger partial charge on any atom is 0.416 e. The van der Waals surface area contributed by atoms with Gasteiger partial charge in [-0.2, -0.15) is 13.2 Å². The molecule has 2 unspecified atom stereocenters. The smallest absolute Gasteiger partial charge is 0.373 e. The molecule has 3 N–H and O–H groups in total. The molecule has 10 heteroatoms. The summed E-state index contributed by atoms with van der Waals surface area (Å²) < 4.78 is 39.4. The molecule has 1 saturated carbocycles. The molecule has 4 rings (SSSR count). The average Bonchev–Trinajstić information content (AvgIpc) is 3.05. The number of rotatable bonds is 4. The number of nitrogens with one attached hydrogen (secondary N) is 3. The van der Waals surface area contributed by atoms with Crippen molar-refractivity contribution in [2.24, 2.45) is 7.05 Å². The third kappa shape index (κ3) is 3.26. The van der Waals surface area contributed by atoms with Crippen LogP contribution in [0.15, 0.2) is 47.5 Å². The average molecular weight is 404 g/mol. The third-order valence-electron chi connectivity index (χ3n) is 4.88. The first-order valence-corrected chi connectivity index (χ1v) is 8.61. The highest BCUT2D eigenvalue weighted by molar-refractivity contribution is 6.50. The van der Waals surface area contributed by atoms with E-state index in [2.05, 4.69) is 15.6 Å². The number of pyridine rings is 1. The minimum absolute atomic E-state index is 0.240. The van der Waals surface area contributed by atoms with Crippen LogP contribution in [-0.4, -0.2) is 33.2 Å². The summed E-state index contributed by atoms with van der Waals surface area (Å²) in [5, 5.41) is 6.30. The second-order valence-corrected chi connectivity index (χ2v) is 6.80. The van der Waals surface area contributed by atoms with E-state index in [0.29, 0.717) is 16.6 Å². The molecule has 2 atom stereocenters. The lowest BCUT2D eigenvalue weighted by molar-refractivity contribution is -0.144. The molecular formula is C19H15F3N4O3. The number of alkyl halides is 3. The number of carbonyl (C=O) groups is 2. The molecule has 7 nitrogen and oxygen atoms in total. The Morgan fingerprint density at radius 1 is 1.00 bits per heavy atom. The summed E-state index contributed by atoms with van der Waals surface area (Å²) in [5.41, 5.74) is 0.371. The van der Waals surface area contributed by atoms with Crippen molar-refractivity contribution in [1.82, 2.24) is 9.55 Å². The number of anilines is 2. The molecule has 1 fully saturated rings. The summed E-state index contributed by atoms with van der Waals surface area (Å²) >= 11 is 0. The van der Waals surface area contributed by atoms with Gasteiger partial charge in [-0.15, -0.1) is 0 Å². The standard InChI is InChI=1S/C19H15F3N4O3/c1-26-8-13-11(6-14(26)27)12(7-23-13)25-16-15(17(28)18(16)29)24-10-4-2-9(3-5-10)19(20,21)22/h2-8,15-16,23-25H,1H3. The molecular weight excluding hydrogens is 389 g/mol. The molecule has 0 amide bonds. The van der Waals surface area contributed by atoms with Crippen molar-refractivity contribution < 1.29 is 22.8 Å². The molecule has 0 spiro atoms. The van der Waals surface area contributed by atoms with Gasteiger partial charge in [0.15, 0.2) is 0 Å². The Bertz CT molecular complexity index is 1180. The Hall–Kier alpha value is -3.56. The first kappa shape index (κ1) is 18.8. The van der Waals surface area contributed by atoms with Gasteiger partial charge in [-0.25, -0.2) is 0 Å². The van der Waals surface area contributed by atoms with Crippen molar-refractivity contribution >= 4 is 33.8 Å². The number of ketones is 2. The zero-order valence-electron chi connectivity index (χ0n) is 15.0. The van der Waals surface area contributed by atoms with Gasteiger partial charge in [-0.1, -0.05) is 0 Å². The van der Waals surface area contributed by atoms with E-state index in [9.17, 15) is 27.6 Å². The minimum atomic E-state index is -4.46. The van der Waals surface area contributed by atoms with E-state index in [4.69, 9.17) is 0 Å². The number of Topliss-reactive ketones (excluding diaryl/α,β-unsaturated/α-hetero) is 2. The molecule has 29 heavy (non-hydrogen) atoms. The predicted octanol–water partition coefficient (Wildman–Crippen LogP) is 2.30. The van der Waals surface area contributed by atoms with Crippen LogP contribution < -0.4 is 16.2 Å². The van der Waals surface area contributed by atoms with Gasteiger partial charge < -0.3 is 20.2 Å². The summed E-state index contributed by atoms with van der Waals surface area (Å²) in [5.74, 6) is -1.31. The van der Waals surface area contributed by atoms with Gasteiger partial charge in [0.1, 0.15) is 12.1 Å². The van der Waals surface area contributed by atoms with Crippen LogP contribution in [0, 0.1) is 0 Å². The van der Waals surface area contributed by atoms with E-state index in [1.54, 1.807) is 19.4 Å². The van der Waals surface area contributed by atoms with Gasteiger partial charge in [0, 0.05) is 36.6 Å². The highest BCUT2D eigenvalue weighted by Crippen LogP contribution is 2.31. The molecule has 1 aromatic carbocycles. The van der Waals surface area contributed by atoms with Crippen molar-refractivity contribution in [3.05, 3.63) is 58.6 Å². The van der Waals surface area contributed by atoms with E-state index in [1.165, 1.54) is 22.8 Å². The number of fused-ring (bicyclic) bond motifs is 1. The number of H-pyrrole nitrogens is 1. The number of benzene rings is 1. The lowest BCUT2D eigenvalue weighted by Gasteiger charge is -2.35. The van der Waals surface area contributed by atoms with Crippen molar-refractivity contribution in [1.29, 1.82) is 0 Å². The fourth-order valence-electron chi connectivity index (χ4n) is 3.23. The van der Waals surface area contributed by atoms with E-state index < -0.39 is 35.4 Å². The fourth-order valence-corrected chi connectivity index (χ4v) is 3.23. The van der Waals surface area contributed by atoms with Crippen LogP contribution in [-0.2, 0) is 22.8 Å². The SMILES string of the molecule is Cn1cc2[nH]cc(NC3C(=O)C(=O)C3Nc3ccc(C(F)(F)F)cc3)c2cc1=O. The lowest BCUT2D eigenvalue weighted by Crippen LogP contribution is -2.64. The van der Waals surface area contributed by atoms with Gasteiger partial charge >= 0.3 is 6.18 Å². The molecule has 3 aromatic rings. The van der Waals surface area contributed by atoms with Crippen LogP contribution in [0.25, 0.3) is 10.9 Å². The number of carbonyl (C=O) groups excluding carboxylic acids is 2. The van der Waals surface area contributed by atoms with Crippen molar-refractivity contribution in [2.45, 2.75) is 18.3 Å². The molecule has 1 aliphatic carbocycles. The van der Waals surface area contributed by atoms with Crippen LogP contribution >= 0.6 is 0 Å². The van der Waals surface area contributed by atoms with Gasteiger partial charge in [0.25, 0.3) is 5.56 Å². The number of hydrogen-bond donors (Lipinski definition) is 3. The van der Waals surface area contributed by atoms with Gasteiger partial charge in [-0.05, 0) is 24.3 Å². The minimum Gasteiger partial charge on any atom is -0.373 e. The first-order chi connectivity index (χ1) is 13.6. The topological polar surface area (TPSA) is 96.0 Å². The highest BCUT2D eigenvalue weighted by Gasteiger charge is 2.49. The van der Waals surface area contributed by atoms with Crippen LogP contribution in [0.2, 0.25) is 0 Å².